The van der Waals surface area contributed by atoms with Crippen LogP contribution in [0.5, 0.6) is 0 Å². The summed E-state index contributed by atoms with van der Waals surface area (Å²) in [6, 6.07) is 15.8. The standard InChI is InChI=1S/C19H15N2/c1-12-11-13-5-4-8-15-14-6-2-3-7-16(14)18-19(17(13)15)21(12)10-9-20-18/h2-10,12H,11H2,1H3/q+1. The van der Waals surface area contributed by atoms with Gasteiger partial charge in [0.1, 0.15) is 5.52 Å². The maximum absolute atomic E-state index is 4.71. The molecule has 0 bridgehead atoms. The predicted octanol–water partition coefficient (Wildman–Crippen LogP) is 3.95. The molecule has 2 nitrogen and oxygen atoms in total. The zero-order valence-electron chi connectivity index (χ0n) is 11.9. The van der Waals surface area contributed by atoms with E-state index in [0.717, 1.165) is 11.9 Å². The molecule has 0 saturated heterocycles. The van der Waals surface area contributed by atoms with Gasteiger partial charge in [-0.15, -0.1) is 0 Å². The van der Waals surface area contributed by atoms with Crippen LogP contribution in [0.15, 0.2) is 54.9 Å². The highest BCUT2D eigenvalue weighted by Gasteiger charge is 2.28. The van der Waals surface area contributed by atoms with E-state index in [2.05, 4.69) is 60.2 Å². The van der Waals surface area contributed by atoms with Gasteiger partial charge >= 0.3 is 0 Å². The highest BCUT2D eigenvalue weighted by atomic mass is 15.0. The van der Waals surface area contributed by atoms with Crippen molar-refractivity contribution in [3.8, 4) is 0 Å². The summed E-state index contributed by atoms with van der Waals surface area (Å²) < 4.78 is 2.39. The van der Waals surface area contributed by atoms with Crippen molar-refractivity contribution >= 4 is 32.6 Å². The van der Waals surface area contributed by atoms with E-state index in [1.54, 1.807) is 0 Å². The number of hydrogen-bond acceptors (Lipinski definition) is 1. The molecule has 1 aliphatic heterocycles. The molecule has 5 rings (SSSR count). The summed E-state index contributed by atoms with van der Waals surface area (Å²) in [7, 11) is 0. The second-order valence-corrected chi connectivity index (χ2v) is 5.97. The molecule has 0 saturated carbocycles. The summed E-state index contributed by atoms with van der Waals surface area (Å²) in [6.45, 7) is 2.29. The Kier molecular flexibility index (Phi) is 2.02. The number of fused-ring (bicyclic) bond motifs is 3. The second kappa shape index (κ2) is 3.79. The first-order valence-corrected chi connectivity index (χ1v) is 7.47. The normalized spacial score (nSPS) is 17.1. The van der Waals surface area contributed by atoms with E-state index in [0.29, 0.717) is 6.04 Å². The van der Waals surface area contributed by atoms with Crippen molar-refractivity contribution < 1.29 is 4.57 Å². The molecule has 4 aromatic rings. The van der Waals surface area contributed by atoms with E-state index in [1.807, 2.05) is 6.20 Å². The maximum atomic E-state index is 4.71. The zero-order valence-corrected chi connectivity index (χ0v) is 11.9. The first-order valence-electron chi connectivity index (χ1n) is 7.47. The summed E-state index contributed by atoms with van der Waals surface area (Å²) in [5.74, 6) is 0. The number of rotatable bonds is 0. The van der Waals surface area contributed by atoms with Gasteiger partial charge in [-0.05, 0) is 23.3 Å². The van der Waals surface area contributed by atoms with Crippen LogP contribution in [0.4, 0.5) is 0 Å². The molecule has 0 N–H and O–H groups in total. The number of aromatic nitrogens is 2. The molecule has 3 aromatic carbocycles. The third kappa shape index (κ3) is 1.32. The highest BCUT2D eigenvalue weighted by Crippen LogP contribution is 2.37. The quantitative estimate of drug-likeness (QED) is 0.349. The van der Waals surface area contributed by atoms with E-state index in [4.69, 9.17) is 4.98 Å². The van der Waals surface area contributed by atoms with E-state index < -0.39 is 0 Å². The average molecular weight is 271 g/mol. The van der Waals surface area contributed by atoms with Crippen LogP contribution >= 0.6 is 0 Å². The SMILES string of the molecule is CC1Cc2cccc3c4ccccc4c4ncc[n+]1c4c23. The van der Waals surface area contributed by atoms with Crippen molar-refractivity contribution in [1.29, 1.82) is 0 Å². The Morgan fingerprint density at radius 2 is 1.81 bits per heavy atom. The van der Waals surface area contributed by atoms with Crippen LogP contribution in [0, 0.1) is 0 Å². The zero-order chi connectivity index (χ0) is 14.0. The highest BCUT2D eigenvalue weighted by molar-refractivity contribution is 6.23. The molecular weight excluding hydrogens is 256 g/mol. The van der Waals surface area contributed by atoms with Crippen molar-refractivity contribution in [1.82, 2.24) is 4.98 Å². The van der Waals surface area contributed by atoms with Crippen molar-refractivity contribution in [3.63, 3.8) is 0 Å². The first kappa shape index (κ1) is 11.2. The van der Waals surface area contributed by atoms with Gasteiger partial charge in [0.15, 0.2) is 12.2 Å². The molecular formula is C19H15N2+. The molecule has 0 fully saturated rings. The van der Waals surface area contributed by atoms with Crippen LogP contribution < -0.4 is 4.57 Å². The average Bonchev–Trinajstić information content (AvgIpc) is 2.54. The summed E-state index contributed by atoms with van der Waals surface area (Å²) in [4.78, 5) is 4.71. The van der Waals surface area contributed by atoms with Crippen LogP contribution in [0.1, 0.15) is 18.5 Å². The Balaban J connectivity index is 2.24. The monoisotopic (exact) mass is 271 g/mol. The number of benzene rings is 3. The van der Waals surface area contributed by atoms with Crippen LogP contribution in [-0.2, 0) is 6.42 Å². The molecule has 1 unspecified atom stereocenters. The minimum atomic E-state index is 0.481. The van der Waals surface area contributed by atoms with Crippen molar-refractivity contribution in [3.05, 3.63) is 60.4 Å². The van der Waals surface area contributed by atoms with Crippen molar-refractivity contribution in [2.45, 2.75) is 19.4 Å². The van der Waals surface area contributed by atoms with Gasteiger partial charge in [-0.3, -0.25) is 0 Å². The number of nitrogens with zero attached hydrogens (tertiary/aromatic N) is 2. The lowest BCUT2D eigenvalue weighted by molar-refractivity contribution is -0.695. The van der Waals surface area contributed by atoms with Gasteiger partial charge < -0.3 is 0 Å². The topological polar surface area (TPSA) is 16.8 Å². The van der Waals surface area contributed by atoms with Crippen molar-refractivity contribution in [2.24, 2.45) is 0 Å². The third-order valence-electron chi connectivity index (χ3n) is 4.76. The second-order valence-electron chi connectivity index (χ2n) is 5.97. The third-order valence-corrected chi connectivity index (χ3v) is 4.76. The molecule has 21 heavy (non-hydrogen) atoms. The van der Waals surface area contributed by atoms with Crippen LogP contribution in [-0.4, -0.2) is 4.98 Å². The minimum absolute atomic E-state index is 0.481. The molecule has 0 amide bonds. The lowest BCUT2D eigenvalue weighted by atomic mass is 9.90. The smallest absolute Gasteiger partial charge is 0.240 e. The molecule has 100 valence electrons. The molecule has 0 spiro atoms. The molecule has 2 heteroatoms. The lowest BCUT2D eigenvalue weighted by Gasteiger charge is -2.19. The fraction of sp³-hybridized carbons (Fsp3) is 0.158. The fourth-order valence-electron chi connectivity index (χ4n) is 3.86. The Bertz CT molecular complexity index is 1030. The Hall–Kier alpha value is -2.48. The van der Waals surface area contributed by atoms with Gasteiger partial charge in [0, 0.05) is 11.8 Å². The Morgan fingerprint density at radius 3 is 2.71 bits per heavy atom. The van der Waals surface area contributed by atoms with E-state index in [1.165, 1.54) is 32.6 Å². The van der Waals surface area contributed by atoms with Gasteiger partial charge in [0.05, 0.1) is 11.6 Å². The van der Waals surface area contributed by atoms with Gasteiger partial charge in [-0.25, -0.2) is 4.98 Å². The van der Waals surface area contributed by atoms with Crippen LogP contribution in [0.3, 0.4) is 0 Å². The maximum Gasteiger partial charge on any atom is 0.240 e. The van der Waals surface area contributed by atoms with E-state index in [9.17, 15) is 0 Å². The van der Waals surface area contributed by atoms with E-state index >= 15 is 0 Å². The van der Waals surface area contributed by atoms with Crippen LogP contribution in [0.25, 0.3) is 32.6 Å². The largest absolute Gasteiger partial charge is 0.243 e. The summed E-state index contributed by atoms with van der Waals surface area (Å²) in [5.41, 5.74) is 3.86. The first-order chi connectivity index (χ1) is 10.3. The summed E-state index contributed by atoms with van der Waals surface area (Å²) in [5, 5.41) is 5.30. The number of hydrogen-bond donors (Lipinski definition) is 0. The summed E-state index contributed by atoms with van der Waals surface area (Å²) in [6.07, 6.45) is 5.15. The van der Waals surface area contributed by atoms with E-state index in [-0.39, 0.29) is 0 Å². The fourth-order valence-corrected chi connectivity index (χ4v) is 3.86. The molecule has 1 aromatic heterocycles. The van der Waals surface area contributed by atoms with Gasteiger partial charge in [-0.2, -0.15) is 4.57 Å². The molecule has 1 aliphatic rings. The van der Waals surface area contributed by atoms with Crippen LogP contribution in [0.2, 0.25) is 0 Å². The minimum Gasteiger partial charge on any atom is -0.243 e. The lowest BCUT2D eigenvalue weighted by Crippen LogP contribution is -2.42. The van der Waals surface area contributed by atoms with Gasteiger partial charge in [0.2, 0.25) is 5.52 Å². The van der Waals surface area contributed by atoms with Gasteiger partial charge in [-0.1, -0.05) is 42.5 Å². The molecule has 2 heterocycles. The molecule has 1 atom stereocenters. The van der Waals surface area contributed by atoms with Gasteiger partial charge in [0.25, 0.3) is 0 Å². The summed E-state index contributed by atoms with van der Waals surface area (Å²) >= 11 is 0. The molecule has 0 aliphatic carbocycles. The predicted molar refractivity (Wildman–Crippen MR) is 85.4 cm³/mol. The molecule has 0 radical (unpaired) electrons. The van der Waals surface area contributed by atoms with Crippen molar-refractivity contribution in [2.75, 3.05) is 0 Å². The Labute approximate surface area is 122 Å². The Morgan fingerprint density at radius 1 is 1.00 bits per heavy atom.